The molecule has 0 fully saturated rings. The third-order valence-electron chi connectivity index (χ3n) is 1.51. The lowest BCUT2D eigenvalue weighted by Gasteiger charge is -1.98. The Morgan fingerprint density at radius 2 is 2.25 bits per heavy atom. The van der Waals surface area contributed by atoms with Gasteiger partial charge >= 0.3 is 0 Å². The lowest BCUT2D eigenvalue weighted by Crippen LogP contribution is -1.87. The standard InChI is InChI=1S/C9H7FIN/c10-8-6-7(2-1-5-12)3-4-9(8)11/h3-4,6H,1-2H2. The van der Waals surface area contributed by atoms with E-state index in [9.17, 15) is 4.39 Å². The second-order valence-corrected chi connectivity index (χ2v) is 3.57. The molecule has 0 amide bonds. The fraction of sp³-hybridized carbons (Fsp3) is 0.222. The minimum absolute atomic E-state index is 0.203. The van der Waals surface area contributed by atoms with Crippen LogP contribution in [0.15, 0.2) is 18.2 Å². The van der Waals surface area contributed by atoms with E-state index in [1.165, 1.54) is 6.07 Å². The van der Waals surface area contributed by atoms with Crippen molar-refractivity contribution in [2.24, 2.45) is 0 Å². The highest BCUT2D eigenvalue weighted by atomic mass is 127. The number of benzene rings is 1. The lowest BCUT2D eigenvalue weighted by molar-refractivity contribution is 0.618. The number of halogens is 2. The third kappa shape index (κ3) is 2.45. The summed E-state index contributed by atoms with van der Waals surface area (Å²) in [5.74, 6) is -0.203. The molecule has 1 rings (SSSR count). The fourth-order valence-electron chi connectivity index (χ4n) is 0.895. The maximum atomic E-state index is 12.9. The molecule has 0 unspecified atom stereocenters. The monoisotopic (exact) mass is 275 g/mol. The van der Waals surface area contributed by atoms with Crippen LogP contribution in [0.1, 0.15) is 12.0 Å². The van der Waals surface area contributed by atoms with Gasteiger partial charge in [0, 0.05) is 9.99 Å². The van der Waals surface area contributed by atoms with Crippen molar-refractivity contribution in [2.45, 2.75) is 12.8 Å². The van der Waals surface area contributed by atoms with E-state index in [0.717, 1.165) is 5.56 Å². The highest BCUT2D eigenvalue weighted by molar-refractivity contribution is 14.1. The quantitative estimate of drug-likeness (QED) is 0.761. The Balaban J connectivity index is 2.77. The minimum atomic E-state index is -0.203. The number of hydrogen-bond donors (Lipinski definition) is 0. The van der Waals surface area contributed by atoms with E-state index < -0.39 is 0 Å². The maximum absolute atomic E-state index is 12.9. The van der Waals surface area contributed by atoms with Gasteiger partial charge in [-0.25, -0.2) is 4.39 Å². The summed E-state index contributed by atoms with van der Waals surface area (Å²) in [5, 5.41) is 8.31. The zero-order valence-electron chi connectivity index (χ0n) is 6.35. The molecule has 0 spiro atoms. The van der Waals surface area contributed by atoms with Gasteiger partial charge in [-0.05, 0) is 46.7 Å². The molecule has 1 nitrogen and oxygen atoms in total. The van der Waals surface area contributed by atoms with Crippen LogP contribution in [0, 0.1) is 20.7 Å². The third-order valence-corrected chi connectivity index (χ3v) is 2.38. The van der Waals surface area contributed by atoms with Crippen molar-refractivity contribution in [2.75, 3.05) is 0 Å². The molecule has 62 valence electrons. The summed E-state index contributed by atoms with van der Waals surface area (Å²) in [5.41, 5.74) is 0.884. The van der Waals surface area contributed by atoms with E-state index in [4.69, 9.17) is 5.26 Å². The number of nitriles is 1. The van der Waals surface area contributed by atoms with Gasteiger partial charge in [0.2, 0.25) is 0 Å². The van der Waals surface area contributed by atoms with Gasteiger partial charge in [-0.2, -0.15) is 5.26 Å². The van der Waals surface area contributed by atoms with E-state index >= 15 is 0 Å². The molecule has 0 N–H and O–H groups in total. The number of rotatable bonds is 2. The molecule has 0 heterocycles. The van der Waals surface area contributed by atoms with E-state index in [2.05, 4.69) is 0 Å². The zero-order chi connectivity index (χ0) is 8.97. The molecule has 1 aromatic rings. The van der Waals surface area contributed by atoms with Crippen molar-refractivity contribution in [1.29, 1.82) is 5.26 Å². The molecule has 0 radical (unpaired) electrons. The molecule has 0 aromatic heterocycles. The minimum Gasteiger partial charge on any atom is -0.206 e. The van der Waals surface area contributed by atoms with Crippen molar-refractivity contribution in [1.82, 2.24) is 0 Å². The summed E-state index contributed by atoms with van der Waals surface area (Å²) >= 11 is 1.94. The van der Waals surface area contributed by atoms with E-state index in [1.807, 2.05) is 34.7 Å². The average Bonchev–Trinajstić information content (AvgIpc) is 2.07. The summed E-state index contributed by atoms with van der Waals surface area (Å²) in [6.45, 7) is 0. The Hall–Kier alpha value is -0.630. The average molecular weight is 275 g/mol. The number of aryl methyl sites for hydroxylation is 1. The first-order chi connectivity index (χ1) is 5.74. The van der Waals surface area contributed by atoms with Crippen LogP contribution in [-0.4, -0.2) is 0 Å². The smallest absolute Gasteiger partial charge is 0.136 e. The van der Waals surface area contributed by atoms with Gasteiger partial charge in [-0.15, -0.1) is 0 Å². The fourth-order valence-corrected chi connectivity index (χ4v) is 1.23. The lowest BCUT2D eigenvalue weighted by atomic mass is 10.1. The van der Waals surface area contributed by atoms with E-state index in [0.29, 0.717) is 16.4 Å². The summed E-state index contributed by atoms with van der Waals surface area (Å²) < 4.78 is 13.5. The van der Waals surface area contributed by atoms with Crippen LogP contribution in [-0.2, 0) is 6.42 Å². The Kier molecular flexibility index (Phi) is 3.48. The van der Waals surface area contributed by atoms with Crippen LogP contribution < -0.4 is 0 Å². The molecule has 12 heavy (non-hydrogen) atoms. The predicted octanol–water partition coefficient (Wildman–Crippen LogP) is 2.89. The number of nitrogens with zero attached hydrogens (tertiary/aromatic N) is 1. The van der Waals surface area contributed by atoms with Crippen molar-refractivity contribution >= 4 is 22.6 Å². The van der Waals surface area contributed by atoms with Crippen LogP contribution in [0.25, 0.3) is 0 Å². The highest BCUT2D eigenvalue weighted by Crippen LogP contribution is 2.13. The maximum Gasteiger partial charge on any atom is 0.136 e. The molecule has 0 aliphatic carbocycles. The second kappa shape index (κ2) is 4.41. The van der Waals surface area contributed by atoms with Crippen molar-refractivity contribution < 1.29 is 4.39 Å². The van der Waals surface area contributed by atoms with Gasteiger partial charge in [-0.1, -0.05) is 6.07 Å². The Labute approximate surface area is 84.3 Å². The van der Waals surface area contributed by atoms with Gasteiger partial charge < -0.3 is 0 Å². The molecule has 0 saturated carbocycles. The first-order valence-electron chi connectivity index (χ1n) is 3.55. The largest absolute Gasteiger partial charge is 0.206 e. The van der Waals surface area contributed by atoms with Gasteiger partial charge in [0.1, 0.15) is 5.82 Å². The topological polar surface area (TPSA) is 23.8 Å². The first-order valence-corrected chi connectivity index (χ1v) is 4.63. The van der Waals surface area contributed by atoms with Gasteiger partial charge in [0.15, 0.2) is 0 Å². The van der Waals surface area contributed by atoms with Gasteiger partial charge in [0.05, 0.1) is 6.07 Å². The van der Waals surface area contributed by atoms with Crippen molar-refractivity contribution in [3.8, 4) is 6.07 Å². The zero-order valence-corrected chi connectivity index (χ0v) is 8.51. The molecular weight excluding hydrogens is 268 g/mol. The summed E-state index contributed by atoms with van der Waals surface area (Å²) in [4.78, 5) is 0. The van der Waals surface area contributed by atoms with E-state index in [-0.39, 0.29) is 5.82 Å². The summed E-state index contributed by atoms with van der Waals surface area (Å²) in [6, 6.07) is 7.09. The Morgan fingerprint density at radius 3 is 2.83 bits per heavy atom. The molecule has 0 aliphatic rings. The van der Waals surface area contributed by atoms with Crippen LogP contribution >= 0.6 is 22.6 Å². The molecule has 3 heteroatoms. The van der Waals surface area contributed by atoms with E-state index in [1.54, 1.807) is 6.07 Å². The summed E-state index contributed by atoms with van der Waals surface area (Å²) in [6.07, 6.45) is 1.07. The molecule has 0 saturated heterocycles. The number of hydrogen-bond acceptors (Lipinski definition) is 1. The molecule has 1 aromatic carbocycles. The summed E-state index contributed by atoms with van der Waals surface area (Å²) in [7, 11) is 0. The molecule has 0 bridgehead atoms. The Morgan fingerprint density at radius 1 is 1.50 bits per heavy atom. The van der Waals surface area contributed by atoms with Gasteiger partial charge in [-0.3, -0.25) is 0 Å². The van der Waals surface area contributed by atoms with Crippen LogP contribution in [0.5, 0.6) is 0 Å². The van der Waals surface area contributed by atoms with Crippen molar-refractivity contribution in [3.63, 3.8) is 0 Å². The van der Waals surface area contributed by atoms with Crippen molar-refractivity contribution in [3.05, 3.63) is 33.1 Å². The first kappa shape index (κ1) is 9.46. The predicted molar refractivity (Wildman–Crippen MR) is 53.1 cm³/mol. The van der Waals surface area contributed by atoms with Crippen LogP contribution in [0.3, 0.4) is 0 Å². The normalized spacial score (nSPS) is 9.42. The second-order valence-electron chi connectivity index (χ2n) is 2.41. The molecular formula is C9H7FIN. The van der Waals surface area contributed by atoms with Crippen LogP contribution in [0.2, 0.25) is 0 Å². The van der Waals surface area contributed by atoms with Gasteiger partial charge in [0.25, 0.3) is 0 Å². The van der Waals surface area contributed by atoms with Crippen LogP contribution in [0.4, 0.5) is 4.39 Å². The highest BCUT2D eigenvalue weighted by Gasteiger charge is 1.99. The molecule has 0 aliphatic heterocycles. The SMILES string of the molecule is N#CCCc1ccc(I)c(F)c1. The Bertz CT molecular complexity index is 317. The molecule has 0 atom stereocenters.